The standard InChI is InChI=1S/C17H25FN2O/c1-4-13(12-20-10-7-11-20)16(21)19-17(2,3)14-8-5-6-9-15(14)18/h5-6,8-9,13H,4,7,10-12H2,1-3H3,(H,19,21)/t13-/m0/s1. The van der Waals surface area contributed by atoms with Gasteiger partial charge in [-0.15, -0.1) is 0 Å². The van der Waals surface area contributed by atoms with Gasteiger partial charge in [0.15, 0.2) is 0 Å². The second-order valence-electron chi connectivity index (χ2n) is 6.35. The highest BCUT2D eigenvalue weighted by atomic mass is 19.1. The number of likely N-dealkylation sites (tertiary alicyclic amines) is 1. The molecule has 2 rings (SSSR count). The zero-order chi connectivity index (χ0) is 15.5. The van der Waals surface area contributed by atoms with Crippen LogP contribution in [0.1, 0.15) is 39.2 Å². The summed E-state index contributed by atoms with van der Waals surface area (Å²) in [6, 6.07) is 6.62. The lowest BCUT2D eigenvalue weighted by Crippen LogP contribution is -2.49. The zero-order valence-corrected chi connectivity index (χ0v) is 13.2. The molecule has 1 N–H and O–H groups in total. The summed E-state index contributed by atoms with van der Waals surface area (Å²) in [7, 11) is 0. The molecule has 4 heteroatoms. The number of carbonyl (C=O) groups excluding carboxylic acids is 1. The number of rotatable bonds is 6. The SMILES string of the molecule is CC[C@@H](CN1CCC1)C(=O)NC(C)(C)c1ccccc1F. The van der Waals surface area contributed by atoms with Gasteiger partial charge in [0.2, 0.25) is 5.91 Å². The third-order valence-corrected chi connectivity index (χ3v) is 4.27. The van der Waals surface area contributed by atoms with Gasteiger partial charge in [-0.25, -0.2) is 4.39 Å². The highest BCUT2D eigenvalue weighted by Crippen LogP contribution is 2.24. The first-order valence-electron chi connectivity index (χ1n) is 7.73. The van der Waals surface area contributed by atoms with E-state index in [9.17, 15) is 9.18 Å². The summed E-state index contributed by atoms with van der Waals surface area (Å²) < 4.78 is 13.9. The first kappa shape index (κ1) is 16.0. The molecule has 0 unspecified atom stereocenters. The summed E-state index contributed by atoms with van der Waals surface area (Å²) >= 11 is 0. The Bertz CT molecular complexity index is 497. The van der Waals surface area contributed by atoms with Gasteiger partial charge in [0.25, 0.3) is 0 Å². The molecule has 3 nitrogen and oxygen atoms in total. The zero-order valence-electron chi connectivity index (χ0n) is 13.2. The molecule has 0 aromatic heterocycles. The second kappa shape index (κ2) is 6.56. The van der Waals surface area contributed by atoms with Crippen LogP contribution in [-0.2, 0) is 10.3 Å². The Hall–Kier alpha value is -1.42. The van der Waals surface area contributed by atoms with E-state index in [1.165, 1.54) is 12.5 Å². The molecule has 1 heterocycles. The van der Waals surface area contributed by atoms with Crippen molar-refractivity contribution >= 4 is 5.91 Å². The summed E-state index contributed by atoms with van der Waals surface area (Å²) in [5.41, 5.74) is -0.178. The van der Waals surface area contributed by atoms with Crippen LogP contribution in [0.4, 0.5) is 4.39 Å². The average molecular weight is 292 g/mol. The molecule has 1 saturated heterocycles. The van der Waals surface area contributed by atoms with Gasteiger partial charge < -0.3 is 10.2 Å². The molecule has 0 aliphatic carbocycles. The molecule has 0 radical (unpaired) electrons. The topological polar surface area (TPSA) is 32.3 Å². The molecule has 1 fully saturated rings. The van der Waals surface area contributed by atoms with Gasteiger partial charge >= 0.3 is 0 Å². The molecule has 1 aromatic rings. The third-order valence-electron chi connectivity index (χ3n) is 4.27. The summed E-state index contributed by atoms with van der Waals surface area (Å²) in [5.74, 6) is -0.299. The van der Waals surface area contributed by atoms with Crippen molar-refractivity contribution in [2.75, 3.05) is 19.6 Å². The average Bonchev–Trinajstić information content (AvgIpc) is 2.37. The highest BCUT2D eigenvalue weighted by Gasteiger charge is 2.30. The molecular weight excluding hydrogens is 267 g/mol. The Kier molecular flexibility index (Phi) is 4.99. The number of hydrogen-bond acceptors (Lipinski definition) is 2. The molecule has 0 saturated carbocycles. The lowest BCUT2D eigenvalue weighted by molar-refractivity contribution is -0.127. The fourth-order valence-corrected chi connectivity index (χ4v) is 2.72. The number of amides is 1. The van der Waals surface area contributed by atoms with Crippen LogP contribution in [0.25, 0.3) is 0 Å². The molecule has 1 aromatic carbocycles. The number of halogens is 1. The van der Waals surface area contributed by atoms with E-state index >= 15 is 0 Å². The number of carbonyl (C=O) groups is 1. The van der Waals surface area contributed by atoms with Crippen LogP contribution in [0.15, 0.2) is 24.3 Å². The minimum atomic E-state index is -0.704. The lowest BCUT2D eigenvalue weighted by atomic mass is 9.92. The van der Waals surface area contributed by atoms with Crippen LogP contribution in [0.3, 0.4) is 0 Å². The normalized spacial score (nSPS) is 17.1. The number of nitrogens with zero attached hydrogens (tertiary/aromatic N) is 1. The van der Waals surface area contributed by atoms with Gasteiger partial charge in [-0.3, -0.25) is 4.79 Å². The van der Waals surface area contributed by atoms with Crippen molar-refractivity contribution in [3.05, 3.63) is 35.6 Å². The quantitative estimate of drug-likeness (QED) is 0.874. The molecule has 1 aliphatic rings. The van der Waals surface area contributed by atoms with Gasteiger partial charge in [0, 0.05) is 12.1 Å². The Morgan fingerprint density at radius 3 is 2.57 bits per heavy atom. The fourth-order valence-electron chi connectivity index (χ4n) is 2.72. The van der Waals surface area contributed by atoms with Crippen molar-refractivity contribution in [1.29, 1.82) is 0 Å². The van der Waals surface area contributed by atoms with E-state index in [1.54, 1.807) is 18.2 Å². The van der Waals surface area contributed by atoms with E-state index in [4.69, 9.17) is 0 Å². The summed E-state index contributed by atoms with van der Waals surface area (Å²) in [6.45, 7) is 8.69. The molecule has 116 valence electrons. The maximum atomic E-state index is 13.9. The smallest absolute Gasteiger partial charge is 0.225 e. The minimum absolute atomic E-state index is 0.0117. The first-order chi connectivity index (χ1) is 9.94. The third kappa shape index (κ3) is 3.82. The molecule has 1 atom stereocenters. The Morgan fingerprint density at radius 1 is 1.38 bits per heavy atom. The number of hydrogen-bond donors (Lipinski definition) is 1. The van der Waals surface area contributed by atoms with E-state index in [0.29, 0.717) is 5.56 Å². The lowest BCUT2D eigenvalue weighted by Gasteiger charge is -2.35. The van der Waals surface area contributed by atoms with Gasteiger partial charge in [-0.2, -0.15) is 0 Å². The monoisotopic (exact) mass is 292 g/mol. The van der Waals surface area contributed by atoms with E-state index < -0.39 is 5.54 Å². The maximum Gasteiger partial charge on any atom is 0.225 e. The molecule has 0 spiro atoms. The minimum Gasteiger partial charge on any atom is -0.347 e. The van der Waals surface area contributed by atoms with Crippen LogP contribution >= 0.6 is 0 Å². The summed E-state index contributed by atoms with van der Waals surface area (Å²) in [4.78, 5) is 14.8. The predicted molar refractivity (Wildman–Crippen MR) is 82.4 cm³/mol. The van der Waals surface area contributed by atoms with Crippen LogP contribution in [0.5, 0.6) is 0 Å². The van der Waals surface area contributed by atoms with Crippen LogP contribution in [0.2, 0.25) is 0 Å². The molecule has 1 amide bonds. The van der Waals surface area contributed by atoms with E-state index in [0.717, 1.165) is 26.1 Å². The summed E-state index contributed by atoms with van der Waals surface area (Å²) in [5, 5.41) is 3.01. The molecule has 21 heavy (non-hydrogen) atoms. The number of nitrogens with one attached hydrogen (secondary N) is 1. The van der Waals surface area contributed by atoms with E-state index in [-0.39, 0.29) is 17.6 Å². The van der Waals surface area contributed by atoms with Gasteiger partial charge in [-0.05, 0) is 45.8 Å². The van der Waals surface area contributed by atoms with E-state index in [1.807, 2.05) is 20.8 Å². The van der Waals surface area contributed by atoms with E-state index in [2.05, 4.69) is 10.2 Å². The molecular formula is C17H25FN2O. The summed E-state index contributed by atoms with van der Waals surface area (Å²) in [6.07, 6.45) is 2.02. The van der Waals surface area contributed by atoms with Gasteiger partial charge in [0.1, 0.15) is 5.82 Å². The van der Waals surface area contributed by atoms with Crippen molar-refractivity contribution < 1.29 is 9.18 Å². The van der Waals surface area contributed by atoms with Crippen LogP contribution in [0, 0.1) is 11.7 Å². The Balaban J connectivity index is 2.03. The Morgan fingerprint density at radius 2 is 2.05 bits per heavy atom. The molecule has 1 aliphatic heterocycles. The fraction of sp³-hybridized carbons (Fsp3) is 0.588. The van der Waals surface area contributed by atoms with Gasteiger partial charge in [0.05, 0.1) is 11.5 Å². The number of benzene rings is 1. The van der Waals surface area contributed by atoms with Crippen molar-refractivity contribution in [2.24, 2.45) is 5.92 Å². The van der Waals surface area contributed by atoms with Crippen molar-refractivity contribution in [1.82, 2.24) is 10.2 Å². The first-order valence-corrected chi connectivity index (χ1v) is 7.73. The van der Waals surface area contributed by atoms with Crippen molar-refractivity contribution in [3.8, 4) is 0 Å². The largest absolute Gasteiger partial charge is 0.347 e. The van der Waals surface area contributed by atoms with Crippen molar-refractivity contribution in [2.45, 2.75) is 39.2 Å². The second-order valence-corrected chi connectivity index (χ2v) is 6.35. The predicted octanol–water partition coefficient (Wildman–Crippen LogP) is 2.91. The van der Waals surface area contributed by atoms with Crippen LogP contribution < -0.4 is 5.32 Å². The highest BCUT2D eigenvalue weighted by molar-refractivity contribution is 5.79. The van der Waals surface area contributed by atoms with Gasteiger partial charge in [-0.1, -0.05) is 25.1 Å². The molecule has 0 bridgehead atoms. The Labute approximate surface area is 126 Å². The maximum absolute atomic E-state index is 13.9. The van der Waals surface area contributed by atoms with Crippen molar-refractivity contribution in [3.63, 3.8) is 0 Å². The van der Waals surface area contributed by atoms with Crippen LogP contribution in [-0.4, -0.2) is 30.4 Å².